The number of piperidine rings is 1. The molecular weight excluding hydrogens is 444 g/mol. The maximum absolute atomic E-state index is 13.7. The summed E-state index contributed by atoms with van der Waals surface area (Å²) in [6.45, 7) is 1.54. The van der Waals surface area contributed by atoms with Crippen LogP contribution in [0.5, 0.6) is 0 Å². The summed E-state index contributed by atoms with van der Waals surface area (Å²) < 4.78 is 55.2. The normalized spacial score (nSPS) is 17.6. The molecule has 0 aromatic heterocycles. The molecule has 0 N–H and O–H groups in total. The first-order valence-electron chi connectivity index (χ1n) is 10.3. The van der Waals surface area contributed by atoms with Crippen molar-refractivity contribution in [3.63, 3.8) is 0 Å². The summed E-state index contributed by atoms with van der Waals surface area (Å²) in [5.41, 5.74) is 2.20. The third kappa shape index (κ3) is 5.16. The molecule has 0 bridgehead atoms. The number of nitrogens with zero attached hydrogens (tertiary/aromatic N) is 1. The number of sulfonamides is 1. The first kappa shape index (κ1) is 22.8. The average molecular weight is 466 g/mol. The Kier molecular flexibility index (Phi) is 6.35. The van der Waals surface area contributed by atoms with Crippen molar-refractivity contribution in [3.8, 4) is 0 Å². The van der Waals surface area contributed by atoms with E-state index in [1.54, 1.807) is 24.3 Å². The van der Waals surface area contributed by atoms with Crippen LogP contribution in [0.3, 0.4) is 0 Å². The predicted octanol–water partition coefficient (Wildman–Crippen LogP) is 5.01. The van der Waals surface area contributed by atoms with E-state index in [-0.39, 0.29) is 34.9 Å². The van der Waals surface area contributed by atoms with Crippen molar-refractivity contribution in [3.05, 3.63) is 112 Å². The van der Waals surface area contributed by atoms with Gasteiger partial charge in [0.2, 0.25) is 10.0 Å². The number of hydrogen-bond acceptors (Lipinski definition) is 3. The molecule has 168 valence electrons. The monoisotopic (exact) mass is 465 g/mol. The molecule has 4 nitrogen and oxygen atoms in total. The van der Waals surface area contributed by atoms with Gasteiger partial charge in [-0.05, 0) is 66.6 Å². The lowest BCUT2D eigenvalue weighted by atomic mass is 9.95. The molecule has 4 rings (SSSR count). The third-order valence-corrected chi connectivity index (χ3v) is 7.12. The van der Waals surface area contributed by atoms with Gasteiger partial charge in [0.05, 0.1) is 4.90 Å². The van der Waals surface area contributed by atoms with Gasteiger partial charge < -0.3 is 0 Å². The van der Waals surface area contributed by atoms with Crippen molar-refractivity contribution in [2.24, 2.45) is 0 Å². The zero-order valence-corrected chi connectivity index (χ0v) is 18.6. The first-order chi connectivity index (χ1) is 15.7. The minimum Gasteiger partial charge on any atom is -0.289 e. The topological polar surface area (TPSA) is 54.5 Å². The van der Waals surface area contributed by atoms with Gasteiger partial charge >= 0.3 is 0 Å². The highest BCUT2D eigenvalue weighted by Gasteiger charge is 2.34. The lowest BCUT2D eigenvalue weighted by Gasteiger charge is -2.29. The van der Waals surface area contributed by atoms with E-state index < -0.39 is 21.7 Å². The Morgan fingerprint density at radius 3 is 1.73 bits per heavy atom. The van der Waals surface area contributed by atoms with Crippen LogP contribution >= 0.6 is 0 Å². The summed E-state index contributed by atoms with van der Waals surface area (Å²) in [5.74, 6) is -1.29. The van der Waals surface area contributed by atoms with Gasteiger partial charge in [-0.1, -0.05) is 42.0 Å². The van der Waals surface area contributed by atoms with Gasteiger partial charge in [0.15, 0.2) is 5.78 Å². The number of carbonyl (C=O) groups excluding carboxylic acids is 1. The van der Waals surface area contributed by atoms with Crippen LogP contribution in [0.1, 0.15) is 16.7 Å². The highest BCUT2D eigenvalue weighted by molar-refractivity contribution is 7.89. The number of hydrogen-bond donors (Lipinski definition) is 0. The second-order valence-corrected chi connectivity index (χ2v) is 9.80. The fraction of sp³-hybridized carbons (Fsp3) is 0.115. The molecule has 1 aliphatic heterocycles. The molecular formula is C26H21F2NO3S. The van der Waals surface area contributed by atoms with E-state index in [9.17, 15) is 22.0 Å². The number of carbonyl (C=O) groups is 1. The molecule has 0 amide bonds. The van der Waals surface area contributed by atoms with Gasteiger partial charge in [0.25, 0.3) is 0 Å². The van der Waals surface area contributed by atoms with Crippen LogP contribution in [0.25, 0.3) is 12.2 Å². The first-order valence-corrected chi connectivity index (χ1v) is 11.7. The van der Waals surface area contributed by atoms with E-state index >= 15 is 0 Å². The van der Waals surface area contributed by atoms with Crippen LogP contribution in [-0.2, 0) is 14.8 Å². The fourth-order valence-corrected chi connectivity index (χ4v) is 5.03. The zero-order valence-electron chi connectivity index (χ0n) is 17.8. The smallest absolute Gasteiger partial charge is 0.243 e. The average Bonchev–Trinajstić information content (AvgIpc) is 2.77. The molecule has 3 aromatic rings. The SMILES string of the molecule is Cc1ccc(S(=O)(=O)N2C/C(=C\c3cccc(F)c3)C(=O)/C(=C/c3cccc(F)c3)C2)cc1. The Morgan fingerprint density at radius 1 is 0.788 bits per heavy atom. The summed E-state index contributed by atoms with van der Waals surface area (Å²) >= 11 is 0. The Bertz CT molecular complexity index is 1310. The van der Waals surface area contributed by atoms with Gasteiger partial charge in [0.1, 0.15) is 11.6 Å². The summed E-state index contributed by atoms with van der Waals surface area (Å²) in [4.78, 5) is 13.3. The number of ketones is 1. The van der Waals surface area contributed by atoms with E-state index in [2.05, 4.69) is 0 Å². The van der Waals surface area contributed by atoms with E-state index in [0.29, 0.717) is 11.1 Å². The quantitative estimate of drug-likeness (QED) is 0.509. The Balaban J connectivity index is 1.79. The van der Waals surface area contributed by atoms with Crippen LogP contribution in [0.15, 0.2) is 88.8 Å². The van der Waals surface area contributed by atoms with E-state index in [0.717, 1.165) is 5.56 Å². The lowest BCUT2D eigenvalue weighted by molar-refractivity contribution is -0.113. The molecule has 3 aromatic carbocycles. The highest BCUT2D eigenvalue weighted by atomic mass is 32.2. The second-order valence-electron chi connectivity index (χ2n) is 7.86. The van der Waals surface area contributed by atoms with Crippen molar-refractivity contribution in [1.82, 2.24) is 4.31 Å². The fourth-order valence-electron chi connectivity index (χ4n) is 3.63. The molecule has 0 aliphatic carbocycles. The summed E-state index contributed by atoms with van der Waals surface area (Å²) in [6.07, 6.45) is 2.98. The molecule has 1 heterocycles. The molecule has 7 heteroatoms. The van der Waals surface area contributed by atoms with Gasteiger partial charge in [0, 0.05) is 24.2 Å². The predicted molar refractivity (Wildman–Crippen MR) is 124 cm³/mol. The maximum atomic E-state index is 13.7. The van der Waals surface area contributed by atoms with Gasteiger partial charge in [-0.2, -0.15) is 4.31 Å². The number of Topliss-reactive ketones (excluding diaryl/α,β-unsaturated/α-hetero) is 1. The molecule has 33 heavy (non-hydrogen) atoms. The number of aryl methyl sites for hydroxylation is 1. The van der Waals surface area contributed by atoms with Crippen molar-refractivity contribution >= 4 is 28.0 Å². The molecule has 1 saturated heterocycles. The van der Waals surface area contributed by atoms with Crippen LogP contribution in [0, 0.1) is 18.6 Å². The standard InChI is InChI=1S/C26H21F2NO3S/c1-18-8-10-25(11-9-18)33(31,32)29-16-21(12-19-4-2-6-23(27)14-19)26(30)22(17-29)13-20-5-3-7-24(28)15-20/h2-15H,16-17H2,1H3/b21-12+,22-13+. The van der Waals surface area contributed by atoms with Crippen LogP contribution in [0.4, 0.5) is 8.78 Å². The van der Waals surface area contributed by atoms with Crippen molar-refractivity contribution in [2.45, 2.75) is 11.8 Å². The third-order valence-electron chi connectivity index (χ3n) is 5.31. The van der Waals surface area contributed by atoms with Crippen molar-refractivity contribution in [2.75, 3.05) is 13.1 Å². The number of benzene rings is 3. The largest absolute Gasteiger partial charge is 0.289 e. The lowest BCUT2D eigenvalue weighted by Crippen LogP contribution is -2.41. The molecule has 0 unspecified atom stereocenters. The maximum Gasteiger partial charge on any atom is 0.243 e. The summed E-state index contributed by atoms with van der Waals surface area (Å²) in [6, 6.07) is 17.8. The van der Waals surface area contributed by atoms with Gasteiger partial charge in [-0.3, -0.25) is 4.79 Å². The Hall–Kier alpha value is -3.42. The summed E-state index contributed by atoms with van der Waals surface area (Å²) in [5, 5.41) is 0. The van der Waals surface area contributed by atoms with E-state index in [1.165, 1.54) is 65.0 Å². The van der Waals surface area contributed by atoms with Gasteiger partial charge in [-0.15, -0.1) is 0 Å². The van der Waals surface area contributed by atoms with E-state index in [4.69, 9.17) is 0 Å². The number of halogens is 2. The Labute approximate surface area is 191 Å². The van der Waals surface area contributed by atoms with Crippen LogP contribution < -0.4 is 0 Å². The van der Waals surface area contributed by atoms with Gasteiger partial charge in [-0.25, -0.2) is 17.2 Å². The molecule has 0 saturated carbocycles. The minimum absolute atomic E-state index is 0.109. The van der Waals surface area contributed by atoms with Crippen LogP contribution in [-0.4, -0.2) is 31.6 Å². The molecule has 1 aliphatic rings. The molecule has 0 spiro atoms. The Morgan fingerprint density at radius 2 is 1.27 bits per heavy atom. The second kappa shape index (κ2) is 9.21. The van der Waals surface area contributed by atoms with Crippen molar-refractivity contribution in [1.29, 1.82) is 0 Å². The number of rotatable bonds is 4. The molecule has 0 radical (unpaired) electrons. The molecule has 0 atom stereocenters. The molecule has 1 fully saturated rings. The zero-order chi connectivity index (χ0) is 23.6. The van der Waals surface area contributed by atoms with Crippen LogP contribution in [0.2, 0.25) is 0 Å². The summed E-state index contributed by atoms with van der Waals surface area (Å²) in [7, 11) is -3.92. The highest BCUT2D eigenvalue weighted by Crippen LogP contribution is 2.27. The van der Waals surface area contributed by atoms with Crippen molar-refractivity contribution < 1.29 is 22.0 Å². The minimum atomic E-state index is -3.92. The van der Waals surface area contributed by atoms with E-state index in [1.807, 2.05) is 6.92 Å².